The molecule has 3 atom stereocenters. The number of nitrogens with one attached hydrogen (secondary N) is 3. The van der Waals surface area contributed by atoms with Crippen LogP contribution in [0.25, 0.3) is 0 Å². The van der Waals surface area contributed by atoms with Crippen LogP contribution >= 0.6 is 11.6 Å². The third-order valence-electron chi connectivity index (χ3n) is 6.21. The maximum atomic E-state index is 13.0. The van der Waals surface area contributed by atoms with Crippen LogP contribution < -0.4 is 16.0 Å². The van der Waals surface area contributed by atoms with Gasteiger partial charge in [-0.2, -0.15) is 0 Å². The summed E-state index contributed by atoms with van der Waals surface area (Å²) in [7, 11) is 0. The van der Waals surface area contributed by atoms with Crippen LogP contribution in [-0.2, 0) is 22.7 Å². The topological polar surface area (TPSA) is 73.5 Å². The third-order valence-corrected chi connectivity index (χ3v) is 6.45. The number of amides is 2. The largest absolute Gasteiger partial charge is 0.353 e. The number of rotatable bonds is 8. The van der Waals surface area contributed by atoms with Crippen molar-refractivity contribution in [1.82, 2.24) is 20.9 Å². The maximum Gasteiger partial charge on any atom is 0.237 e. The second-order valence-corrected chi connectivity index (χ2v) is 8.93. The number of piperazine rings is 1. The molecule has 2 amide bonds. The van der Waals surface area contributed by atoms with Crippen molar-refractivity contribution < 1.29 is 14.0 Å². The van der Waals surface area contributed by atoms with Crippen molar-refractivity contribution in [3.8, 4) is 0 Å². The van der Waals surface area contributed by atoms with Gasteiger partial charge in [0, 0.05) is 49.7 Å². The van der Waals surface area contributed by atoms with E-state index in [9.17, 15) is 14.0 Å². The fourth-order valence-corrected chi connectivity index (χ4v) is 4.70. The smallest absolute Gasteiger partial charge is 0.237 e. The number of fused-ring (bicyclic) bond motifs is 1. The van der Waals surface area contributed by atoms with E-state index in [2.05, 4.69) is 20.9 Å². The minimum absolute atomic E-state index is 0.0439. The lowest BCUT2D eigenvalue weighted by Gasteiger charge is -2.37. The number of hydrogen-bond acceptors (Lipinski definition) is 4. The standard InChI is InChI=1S/C24H28ClFN4O2/c25-18-3-1-2-17(10-18)13-27-20-11-22-24(32)29-14-21(30(22)15-20)8-9-23(31)28-12-16-4-6-19(26)7-5-16/h1-7,10,20-22,27H,8-9,11-15H2,(H,28,31)(H,29,32)/t20-,21-,22-/m1/s1. The monoisotopic (exact) mass is 458 g/mol. The van der Waals surface area contributed by atoms with Gasteiger partial charge < -0.3 is 16.0 Å². The summed E-state index contributed by atoms with van der Waals surface area (Å²) in [4.78, 5) is 27.0. The Morgan fingerprint density at radius 2 is 1.97 bits per heavy atom. The molecule has 2 heterocycles. The number of benzene rings is 2. The highest BCUT2D eigenvalue weighted by molar-refractivity contribution is 6.30. The lowest BCUT2D eigenvalue weighted by atomic mass is 10.0. The third kappa shape index (κ3) is 5.85. The summed E-state index contributed by atoms with van der Waals surface area (Å²) in [6.45, 7) is 2.41. The van der Waals surface area contributed by atoms with Crippen LogP contribution in [0.3, 0.4) is 0 Å². The predicted molar refractivity (Wildman–Crippen MR) is 121 cm³/mol. The molecule has 2 aliphatic rings. The zero-order valence-electron chi connectivity index (χ0n) is 17.8. The van der Waals surface area contributed by atoms with Gasteiger partial charge in [0.05, 0.1) is 6.04 Å². The second-order valence-electron chi connectivity index (χ2n) is 8.50. The summed E-state index contributed by atoms with van der Waals surface area (Å²) in [5.74, 6) is -0.272. The summed E-state index contributed by atoms with van der Waals surface area (Å²) < 4.78 is 13.0. The minimum atomic E-state index is -0.292. The Morgan fingerprint density at radius 3 is 2.75 bits per heavy atom. The van der Waals surface area contributed by atoms with Gasteiger partial charge in [0.15, 0.2) is 0 Å². The highest BCUT2D eigenvalue weighted by Crippen LogP contribution is 2.26. The Morgan fingerprint density at radius 1 is 1.16 bits per heavy atom. The van der Waals surface area contributed by atoms with Crippen LogP contribution in [-0.4, -0.2) is 47.9 Å². The molecule has 2 fully saturated rings. The molecule has 0 radical (unpaired) electrons. The average molecular weight is 459 g/mol. The first-order valence-electron chi connectivity index (χ1n) is 11.0. The summed E-state index contributed by atoms with van der Waals surface area (Å²) in [5.41, 5.74) is 1.97. The van der Waals surface area contributed by atoms with Gasteiger partial charge >= 0.3 is 0 Å². The molecule has 2 aromatic rings. The molecule has 4 rings (SSSR count). The molecular weight excluding hydrogens is 431 g/mol. The molecule has 0 aliphatic carbocycles. The van der Waals surface area contributed by atoms with E-state index in [0.29, 0.717) is 37.5 Å². The summed E-state index contributed by atoms with van der Waals surface area (Å²) in [6, 6.07) is 14.0. The van der Waals surface area contributed by atoms with Crippen LogP contribution in [0.15, 0.2) is 48.5 Å². The SMILES string of the molecule is O=C(CC[C@@H]1CNC(=O)[C@H]2C[C@@H](NCc3cccc(Cl)c3)CN12)NCc1ccc(F)cc1. The molecule has 2 aromatic carbocycles. The molecule has 2 aliphatic heterocycles. The lowest BCUT2D eigenvalue weighted by Crippen LogP contribution is -2.58. The first-order valence-corrected chi connectivity index (χ1v) is 11.4. The van der Waals surface area contributed by atoms with Crippen LogP contribution in [0.5, 0.6) is 0 Å². The van der Waals surface area contributed by atoms with Gasteiger partial charge in [-0.25, -0.2) is 4.39 Å². The number of carbonyl (C=O) groups excluding carboxylic acids is 2. The molecular formula is C24H28ClFN4O2. The van der Waals surface area contributed by atoms with Gasteiger partial charge in [-0.1, -0.05) is 35.9 Å². The summed E-state index contributed by atoms with van der Waals surface area (Å²) in [5, 5.41) is 10.1. The van der Waals surface area contributed by atoms with E-state index >= 15 is 0 Å². The van der Waals surface area contributed by atoms with E-state index < -0.39 is 0 Å². The molecule has 0 saturated carbocycles. The van der Waals surface area contributed by atoms with Crippen LogP contribution in [0.4, 0.5) is 4.39 Å². The van der Waals surface area contributed by atoms with E-state index in [1.165, 1.54) is 12.1 Å². The van der Waals surface area contributed by atoms with Gasteiger partial charge in [0.1, 0.15) is 5.82 Å². The van der Waals surface area contributed by atoms with Crippen LogP contribution in [0.2, 0.25) is 5.02 Å². The van der Waals surface area contributed by atoms with Crippen molar-refractivity contribution in [3.63, 3.8) is 0 Å². The molecule has 0 aromatic heterocycles. The lowest BCUT2D eigenvalue weighted by molar-refractivity contribution is -0.129. The highest BCUT2D eigenvalue weighted by atomic mass is 35.5. The molecule has 0 bridgehead atoms. The molecule has 32 heavy (non-hydrogen) atoms. The predicted octanol–water partition coefficient (Wildman–Crippen LogP) is 2.61. The maximum absolute atomic E-state index is 13.0. The fourth-order valence-electron chi connectivity index (χ4n) is 4.49. The van der Waals surface area contributed by atoms with Crippen molar-refractivity contribution in [2.24, 2.45) is 0 Å². The normalized spacial score (nSPS) is 22.9. The first kappa shape index (κ1) is 22.7. The molecule has 3 N–H and O–H groups in total. The number of carbonyl (C=O) groups is 2. The van der Waals surface area contributed by atoms with Gasteiger partial charge in [-0.3, -0.25) is 14.5 Å². The zero-order chi connectivity index (χ0) is 22.5. The number of nitrogens with zero attached hydrogens (tertiary/aromatic N) is 1. The first-order chi connectivity index (χ1) is 15.5. The molecule has 0 spiro atoms. The van der Waals surface area contributed by atoms with Crippen molar-refractivity contribution in [2.45, 2.75) is 50.5 Å². The van der Waals surface area contributed by atoms with E-state index in [1.807, 2.05) is 24.3 Å². The van der Waals surface area contributed by atoms with Gasteiger partial charge in [-0.05, 0) is 48.2 Å². The Kier molecular flexibility index (Phi) is 7.40. The molecule has 0 unspecified atom stereocenters. The van der Waals surface area contributed by atoms with Crippen molar-refractivity contribution in [3.05, 3.63) is 70.5 Å². The Labute approximate surface area is 192 Å². The quantitative estimate of drug-likeness (QED) is 0.568. The van der Waals surface area contributed by atoms with E-state index in [-0.39, 0.29) is 35.8 Å². The number of hydrogen-bond donors (Lipinski definition) is 3. The van der Waals surface area contributed by atoms with Crippen LogP contribution in [0, 0.1) is 5.82 Å². The van der Waals surface area contributed by atoms with Crippen molar-refractivity contribution >= 4 is 23.4 Å². The number of halogens is 2. The summed E-state index contributed by atoms with van der Waals surface area (Å²) >= 11 is 6.07. The second kappa shape index (κ2) is 10.4. The molecule has 170 valence electrons. The average Bonchev–Trinajstić information content (AvgIpc) is 3.22. The Bertz CT molecular complexity index is 955. The minimum Gasteiger partial charge on any atom is -0.353 e. The van der Waals surface area contributed by atoms with Crippen LogP contribution in [0.1, 0.15) is 30.4 Å². The van der Waals surface area contributed by atoms with E-state index in [1.54, 1.807) is 12.1 Å². The van der Waals surface area contributed by atoms with Gasteiger partial charge in [0.2, 0.25) is 11.8 Å². The van der Waals surface area contributed by atoms with Crippen molar-refractivity contribution in [2.75, 3.05) is 13.1 Å². The van der Waals surface area contributed by atoms with Crippen molar-refractivity contribution in [1.29, 1.82) is 0 Å². The Balaban J connectivity index is 1.25. The summed E-state index contributed by atoms with van der Waals surface area (Å²) in [6.07, 6.45) is 1.80. The van der Waals surface area contributed by atoms with Gasteiger partial charge in [-0.15, -0.1) is 0 Å². The van der Waals surface area contributed by atoms with E-state index in [4.69, 9.17) is 11.6 Å². The van der Waals surface area contributed by atoms with Gasteiger partial charge in [0.25, 0.3) is 0 Å². The molecule has 8 heteroatoms. The molecule has 6 nitrogen and oxygen atoms in total. The fraction of sp³-hybridized carbons (Fsp3) is 0.417. The molecule has 2 saturated heterocycles. The Hall–Kier alpha value is -2.48. The van der Waals surface area contributed by atoms with E-state index in [0.717, 1.165) is 24.1 Å². The zero-order valence-corrected chi connectivity index (χ0v) is 18.6. The highest BCUT2D eigenvalue weighted by Gasteiger charge is 2.43.